The minimum atomic E-state index is -1.61. The molecule has 0 unspecified atom stereocenters. The quantitative estimate of drug-likeness (QED) is 0.380. The van der Waals surface area contributed by atoms with Crippen LogP contribution in [0.15, 0.2) is 36.5 Å². The Morgan fingerprint density at radius 3 is 2.71 bits per heavy atom. The molecule has 0 saturated heterocycles. The lowest BCUT2D eigenvalue weighted by atomic mass is 9.77. The fourth-order valence-electron chi connectivity index (χ4n) is 3.57. The van der Waals surface area contributed by atoms with Gasteiger partial charge in [0.1, 0.15) is 22.6 Å². The predicted molar refractivity (Wildman–Crippen MR) is 103 cm³/mol. The summed E-state index contributed by atoms with van der Waals surface area (Å²) in [7, 11) is -1.61. The maximum absolute atomic E-state index is 11.3. The first-order chi connectivity index (χ1) is 13.1. The van der Waals surface area contributed by atoms with E-state index in [2.05, 4.69) is 5.10 Å². The van der Waals surface area contributed by atoms with Crippen LogP contribution in [0.5, 0.6) is 5.75 Å². The number of carbonyl (C=O) groups is 1. The van der Waals surface area contributed by atoms with Crippen molar-refractivity contribution in [1.29, 1.82) is 0 Å². The molecule has 0 spiro atoms. The molecule has 0 fully saturated rings. The van der Waals surface area contributed by atoms with E-state index in [1.165, 1.54) is 6.20 Å². The number of carboxylic acid groups (broad SMARTS) is 1. The van der Waals surface area contributed by atoms with Crippen LogP contribution in [0, 0.1) is 0 Å². The molecule has 1 aliphatic rings. The Bertz CT molecular complexity index is 1130. The van der Waals surface area contributed by atoms with E-state index in [0.29, 0.717) is 45.4 Å². The zero-order valence-corrected chi connectivity index (χ0v) is 15.4. The summed E-state index contributed by atoms with van der Waals surface area (Å²) in [6.07, 6.45) is 0.639. The fraction of sp³-hybridized carbons (Fsp3) is 0.211. The van der Waals surface area contributed by atoms with Crippen LogP contribution in [0.25, 0.3) is 22.0 Å². The van der Waals surface area contributed by atoms with Crippen LogP contribution >= 0.6 is 0 Å². The Labute approximate surface area is 160 Å². The van der Waals surface area contributed by atoms with Crippen LogP contribution < -0.4 is 20.6 Å². The lowest BCUT2D eigenvalue weighted by Gasteiger charge is -2.18. The third-order valence-corrected chi connectivity index (χ3v) is 4.77. The van der Waals surface area contributed by atoms with Crippen molar-refractivity contribution in [1.82, 2.24) is 5.10 Å². The van der Waals surface area contributed by atoms with Crippen molar-refractivity contribution >= 4 is 35.3 Å². The maximum Gasteiger partial charge on any atom is 0.626 e. The molecule has 142 valence electrons. The second-order valence-corrected chi connectivity index (χ2v) is 7.51. The highest BCUT2D eigenvalue weighted by molar-refractivity contribution is 6.58. The van der Waals surface area contributed by atoms with E-state index >= 15 is 0 Å². The molecular weight excluding hydrogens is 361 g/mol. The second-order valence-electron chi connectivity index (χ2n) is 7.51. The minimum Gasteiger partial charge on any atom is -0.487 e. The van der Waals surface area contributed by atoms with Gasteiger partial charge in [0.2, 0.25) is 6.20 Å². The van der Waals surface area contributed by atoms with E-state index in [1.54, 1.807) is 24.3 Å². The number of anilines is 1. The van der Waals surface area contributed by atoms with E-state index < -0.39 is 18.8 Å². The summed E-state index contributed by atoms with van der Waals surface area (Å²) in [5, 5.41) is 33.3. The van der Waals surface area contributed by atoms with E-state index in [0.717, 1.165) is 10.2 Å². The third-order valence-electron chi connectivity index (χ3n) is 4.77. The van der Waals surface area contributed by atoms with Gasteiger partial charge in [-0.15, -0.1) is 0 Å². The predicted octanol–water partition coefficient (Wildman–Crippen LogP) is 0.691. The van der Waals surface area contributed by atoms with Gasteiger partial charge in [-0.2, -0.15) is 4.79 Å². The molecular formula is C19H19BN3O5+. The van der Waals surface area contributed by atoms with Gasteiger partial charge in [-0.3, -0.25) is 0 Å². The van der Waals surface area contributed by atoms with Crippen molar-refractivity contribution in [3.63, 3.8) is 0 Å². The van der Waals surface area contributed by atoms with Crippen molar-refractivity contribution in [3.05, 3.63) is 42.1 Å². The number of fused-ring (bicyclic) bond motifs is 2. The highest BCUT2D eigenvalue weighted by Gasteiger charge is 2.33. The Morgan fingerprint density at radius 1 is 1.29 bits per heavy atom. The van der Waals surface area contributed by atoms with Gasteiger partial charge in [-0.05, 0) is 42.6 Å². The summed E-state index contributed by atoms with van der Waals surface area (Å²) in [5.41, 5.74) is 8.87. The average molecular weight is 380 g/mol. The van der Waals surface area contributed by atoms with Crippen molar-refractivity contribution in [3.8, 4) is 16.9 Å². The van der Waals surface area contributed by atoms with Gasteiger partial charge in [-0.25, -0.2) is 0 Å². The molecule has 2 aromatic carbocycles. The number of nitrogens with two attached hydrogens (primary N) is 1. The van der Waals surface area contributed by atoms with Gasteiger partial charge in [0.25, 0.3) is 0 Å². The number of hydrogen-bond donors (Lipinski definition) is 4. The third kappa shape index (κ3) is 3.04. The number of hydrogen-bond acceptors (Lipinski definition) is 6. The molecule has 0 amide bonds. The van der Waals surface area contributed by atoms with Crippen LogP contribution in [0.4, 0.5) is 10.5 Å². The molecule has 0 saturated carbocycles. The molecule has 9 heteroatoms. The molecule has 28 heavy (non-hydrogen) atoms. The SMILES string of the molecule is CC1(C)Cc2cc(B(O)O)cc(-c3ccc4c(N)c[n+](C(=O)O)nc4c3)c2O1. The Morgan fingerprint density at radius 2 is 2.04 bits per heavy atom. The standard InChI is InChI=1S/C19H18BN3O5/c1-19(2)8-11-5-12(20(26)27)7-14(17(11)28-19)10-3-4-13-15(21)9-23(18(24)25)22-16(13)6-10/h3-7,9,26-27H,8H2,1-2H3,(H2-,21,22,24,25)/p+1. The van der Waals surface area contributed by atoms with Gasteiger partial charge in [-0.1, -0.05) is 18.2 Å². The first kappa shape index (κ1) is 18.2. The van der Waals surface area contributed by atoms with Gasteiger partial charge in [0.05, 0.1) is 0 Å². The zero-order chi connectivity index (χ0) is 20.2. The van der Waals surface area contributed by atoms with Crippen molar-refractivity contribution in [2.45, 2.75) is 25.9 Å². The molecule has 0 aliphatic carbocycles. The van der Waals surface area contributed by atoms with Gasteiger partial charge in [0, 0.05) is 27.2 Å². The molecule has 1 aromatic heterocycles. The Kier molecular flexibility index (Phi) is 4.02. The first-order valence-electron chi connectivity index (χ1n) is 8.72. The Hall–Kier alpha value is -3.17. The normalized spacial score (nSPS) is 14.6. The van der Waals surface area contributed by atoms with Crippen LogP contribution in [-0.4, -0.2) is 39.1 Å². The number of rotatable bonds is 2. The van der Waals surface area contributed by atoms with E-state index in [9.17, 15) is 19.9 Å². The topological polar surface area (TPSA) is 130 Å². The van der Waals surface area contributed by atoms with Crippen LogP contribution in [0.1, 0.15) is 19.4 Å². The van der Waals surface area contributed by atoms with Gasteiger partial charge in [0.15, 0.2) is 0 Å². The van der Waals surface area contributed by atoms with E-state index in [-0.39, 0.29) is 0 Å². The monoisotopic (exact) mass is 380 g/mol. The van der Waals surface area contributed by atoms with Crippen molar-refractivity contribution in [2.24, 2.45) is 0 Å². The maximum atomic E-state index is 11.3. The van der Waals surface area contributed by atoms with Crippen molar-refractivity contribution in [2.75, 3.05) is 5.73 Å². The highest BCUT2D eigenvalue weighted by Crippen LogP contribution is 2.42. The molecule has 0 bridgehead atoms. The fourth-order valence-corrected chi connectivity index (χ4v) is 3.57. The summed E-state index contributed by atoms with van der Waals surface area (Å²) in [5.74, 6) is 0.670. The summed E-state index contributed by atoms with van der Waals surface area (Å²) in [6.45, 7) is 3.93. The summed E-state index contributed by atoms with van der Waals surface area (Å²) in [6, 6.07) is 8.68. The molecule has 0 radical (unpaired) electrons. The molecule has 5 N–H and O–H groups in total. The minimum absolute atomic E-state index is 0.293. The van der Waals surface area contributed by atoms with E-state index in [4.69, 9.17) is 10.5 Å². The molecule has 0 atom stereocenters. The number of aromatic nitrogens is 2. The molecule has 2 heterocycles. The molecule has 8 nitrogen and oxygen atoms in total. The summed E-state index contributed by atoms with van der Waals surface area (Å²) >= 11 is 0. The number of nitrogen functional groups attached to an aromatic ring is 1. The van der Waals surface area contributed by atoms with Gasteiger partial charge < -0.3 is 25.6 Å². The largest absolute Gasteiger partial charge is 0.626 e. The molecule has 1 aliphatic heterocycles. The Balaban J connectivity index is 1.94. The van der Waals surface area contributed by atoms with Crippen molar-refractivity contribution < 1.29 is 29.4 Å². The number of ether oxygens (including phenoxy) is 1. The van der Waals surface area contributed by atoms with Crippen LogP contribution in [0.2, 0.25) is 0 Å². The first-order valence-corrected chi connectivity index (χ1v) is 8.72. The molecule has 4 rings (SSSR count). The highest BCUT2D eigenvalue weighted by atomic mass is 16.5. The average Bonchev–Trinajstić information content (AvgIpc) is 2.93. The van der Waals surface area contributed by atoms with Crippen LogP contribution in [-0.2, 0) is 6.42 Å². The van der Waals surface area contributed by atoms with Crippen LogP contribution in [0.3, 0.4) is 0 Å². The van der Waals surface area contributed by atoms with E-state index in [1.807, 2.05) is 19.9 Å². The zero-order valence-electron chi connectivity index (χ0n) is 15.4. The summed E-state index contributed by atoms with van der Waals surface area (Å²) in [4.78, 5) is 11.3. The lowest BCUT2D eigenvalue weighted by molar-refractivity contribution is -0.643. The summed E-state index contributed by atoms with van der Waals surface area (Å²) < 4.78 is 6.87. The smallest absolute Gasteiger partial charge is 0.487 e. The number of nitrogens with zero attached hydrogens (tertiary/aromatic N) is 2. The lowest BCUT2D eigenvalue weighted by Crippen LogP contribution is -2.45. The number of benzene rings is 2. The molecule has 3 aromatic rings. The van der Waals surface area contributed by atoms with Gasteiger partial charge >= 0.3 is 13.2 Å². The second kappa shape index (κ2) is 6.18.